The van der Waals surface area contributed by atoms with Gasteiger partial charge in [-0.1, -0.05) is 78.9 Å². The van der Waals surface area contributed by atoms with Gasteiger partial charge in [0, 0.05) is 35.6 Å². The minimum absolute atomic E-state index is 0.0181. The predicted molar refractivity (Wildman–Crippen MR) is 118 cm³/mol. The molecule has 1 amide bonds. The number of carbonyl (C=O) groups excluding carboxylic acids is 1. The lowest BCUT2D eigenvalue weighted by atomic mass is 9.83. The van der Waals surface area contributed by atoms with Crippen molar-refractivity contribution in [1.29, 1.82) is 0 Å². The highest BCUT2D eigenvalue weighted by Crippen LogP contribution is 2.44. The molecule has 3 aromatic carbocycles. The van der Waals surface area contributed by atoms with Crippen molar-refractivity contribution in [2.75, 3.05) is 6.54 Å². The zero-order valence-electron chi connectivity index (χ0n) is 16.6. The number of benzene rings is 3. The second-order valence-corrected chi connectivity index (χ2v) is 8.30. The topological polar surface area (TPSA) is 48.1 Å². The van der Waals surface area contributed by atoms with Gasteiger partial charge in [0.15, 0.2) is 0 Å². The molecule has 148 valence electrons. The van der Waals surface area contributed by atoms with Crippen molar-refractivity contribution in [1.82, 2.24) is 15.2 Å². The van der Waals surface area contributed by atoms with E-state index in [0.29, 0.717) is 6.54 Å². The molecular weight excluding hydrogens is 370 g/mol. The van der Waals surface area contributed by atoms with Gasteiger partial charge in [0.1, 0.15) is 0 Å². The summed E-state index contributed by atoms with van der Waals surface area (Å²) in [6, 6.07) is 28.9. The number of nitrogens with one attached hydrogen (secondary N) is 2. The number of para-hydroxylation sites is 1. The van der Waals surface area contributed by atoms with Crippen LogP contribution in [0.15, 0.2) is 84.9 Å². The molecule has 0 saturated carbocycles. The molecule has 4 heteroatoms. The highest BCUT2D eigenvalue weighted by Gasteiger charge is 2.48. The highest BCUT2D eigenvalue weighted by molar-refractivity contribution is 5.92. The third-order valence-electron chi connectivity index (χ3n) is 6.53. The predicted octanol–water partition coefficient (Wildman–Crippen LogP) is 4.36. The van der Waals surface area contributed by atoms with Crippen LogP contribution in [0.25, 0.3) is 10.9 Å². The average Bonchev–Trinajstić information content (AvgIpc) is 3.33. The zero-order valence-corrected chi connectivity index (χ0v) is 16.6. The van der Waals surface area contributed by atoms with Gasteiger partial charge in [0.25, 0.3) is 0 Å². The molecule has 0 aliphatic carbocycles. The number of amides is 1. The number of H-pyrrole nitrogens is 1. The molecule has 2 aliphatic heterocycles. The van der Waals surface area contributed by atoms with E-state index in [2.05, 4.69) is 71.0 Å². The third-order valence-corrected chi connectivity index (χ3v) is 6.53. The number of rotatable bonds is 3. The smallest absolute Gasteiger partial charge is 0.240 e. The Bertz CT molecular complexity index is 1220. The summed E-state index contributed by atoms with van der Waals surface area (Å²) in [4.78, 5) is 19.1. The van der Waals surface area contributed by atoms with Crippen molar-refractivity contribution >= 4 is 16.8 Å². The molecule has 4 nitrogen and oxygen atoms in total. The molecule has 3 heterocycles. The summed E-state index contributed by atoms with van der Waals surface area (Å²) < 4.78 is 0. The minimum atomic E-state index is -0.203. The van der Waals surface area contributed by atoms with Gasteiger partial charge in [-0.05, 0) is 22.8 Å². The molecule has 0 unspecified atom stereocenters. The zero-order chi connectivity index (χ0) is 20.1. The highest BCUT2D eigenvalue weighted by atomic mass is 16.2. The number of aromatic amines is 1. The van der Waals surface area contributed by atoms with Crippen LogP contribution in [-0.4, -0.2) is 28.4 Å². The molecule has 1 fully saturated rings. The van der Waals surface area contributed by atoms with Crippen molar-refractivity contribution in [3.63, 3.8) is 0 Å². The van der Waals surface area contributed by atoms with Gasteiger partial charge in [-0.25, -0.2) is 0 Å². The van der Waals surface area contributed by atoms with Crippen molar-refractivity contribution < 1.29 is 4.79 Å². The lowest BCUT2D eigenvalue weighted by molar-refractivity contribution is -0.130. The lowest BCUT2D eigenvalue weighted by Crippen LogP contribution is -2.45. The number of fused-ring (bicyclic) bond motifs is 5. The van der Waals surface area contributed by atoms with E-state index in [1.807, 2.05) is 29.2 Å². The first-order chi connectivity index (χ1) is 14.8. The van der Waals surface area contributed by atoms with E-state index in [1.54, 1.807) is 0 Å². The maximum atomic E-state index is 13.4. The van der Waals surface area contributed by atoms with E-state index < -0.39 is 0 Å². The Kier molecular flexibility index (Phi) is 3.99. The van der Waals surface area contributed by atoms with E-state index in [4.69, 9.17) is 0 Å². The second kappa shape index (κ2) is 6.85. The fourth-order valence-corrected chi connectivity index (χ4v) is 5.18. The van der Waals surface area contributed by atoms with E-state index in [-0.39, 0.29) is 23.9 Å². The first-order valence-electron chi connectivity index (χ1n) is 10.5. The van der Waals surface area contributed by atoms with Crippen LogP contribution in [0.3, 0.4) is 0 Å². The van der Waals surface area contributed by atoms with Gasteiger partial charge < -0.3 is 9.88 Å². The molecule has 3 atom stereocenters. The largest absolute Gasteiger partial charge is 0.357 e. The molecule has 4 aromatic rings. The number of carbonyl (C=O) groups is 1. The second-order valence-electron chi connectivity index (χ2n) is 8.30. The summed E-state index contributed by atoms with van der Waals surface area (Å²) in [7, 11) is 0. The lowest BCUT2D eigenvalue weighted by Gasteiger charge is -2.32. The molecule has 1 aromatic heterocycles. The summed E-state index contributed by atoms with van der Waals surface area (Å²) in [6.07, 6.45) is 0. The summed E-state index contributed by atoms with van der Waals surface area (Å²) in [6.45, 7) is 1.39. The Labute approximate surface area is 175 Å². The van der Waals surface area contributed by atoms with E-state index in [1.165, 1.54) is 27.8 Å². The van der Waals surface area contributed by atoms with E-state index >= 15 is 0 Å². The Morgan fingerprint density at radius 1 is 0.867 bits per heavy atom. The molecule has 2 aliphatic rings. The molecule has 2 N–H and O–H groups in total. The fraction of sp³-hybridized carbons (Fsp3) is 0.192. The van der Waals surface area contributed by atoms with Gasteiger partial charge in [-0.3, -0.25) is 10.1 Å². The normalized spacial score (nSPS) is 22.9. The molecule has 30 heavy (non-hydrogen) atoms. The van der Waals surface area contributed by atoms with Crippen LogP contribution >= 0.6 is 0 Å². The Morgan fingerprint density at radius 3 is 2.37 bits per heavy atom. The van der Waals surface area contributed by atoms with E-state index in [0.717, 1.165) is 12.1 Å². The standard InChI is InChI=1S/C26H23N3O/c30-26-24-20(16-29(26)15-17-9-3-1-4-10-17)22-19-13-7-8-14-21(19)27-25(22)23(28-24)18-11-5-2-6-12-18/h1-14,20,23-24,27-28H,15-16H2/t20-,23-,24+/m0/s1. The number of likely N-dealkylation sites (tertiary alicyclic amines) is 1. The van der Waals surface area contributed by atoms with Crippen LogP contribution < -0.4 is 5.32 Å². The van der Waals surface area contributed by atoms with Crippen LogP contribution in [0.5, 0.6) is 0 Å². The average molecular weight is 393 g/mol. The Morgan fingerprint density at radius 2 is 1.57 bits per heavy atom. The van der Waals surface area contributed by atoms with Crippen molar-refractivity contribution in [3.05, 3.63) is 107 Å². The molecule has 0 bridgehead atoms. The Balaban J connectivity index is 1.45. The van der Waals surface area contributed by atoms with Crippen LogP contribution in [0.1, 0.15) is 34.3 Å². The molecule has 0 radical (unpaired) electrons. The quantitative estimate of drug-likeness (QED) is 0.543. The van der Waals surface area contributed by atoms with Gasteiger partial charge >= 0.3 is 0 Å². The van der Waals surface area contributed by atoms with Crippen molar-refractivity contribution in [2.45, 2.75) is 24.5 Å². The number of hydrogen-bond acceptors (Lipinski definition) is 2. The number of aromatic nitrogens is 1. The summed E-state index contributed by atoms with van der Waals surface area (Å²) >= 11 is 0. The van der Waals surface area contributed by atoms with E-state index in [9.17, 15) is 4.79 Å². The molecule has 0 spiro atoms. The fourth-order valence-electron chi connectivity index (χ4n) is 5.18. The van der Waals surface area contributed by atoms with Crippen LogP contribution in [0.2, 0.25) is 0 Å². The minimum Gasteiger partial charge on any atom is -0.357 e. The monoisotopic (exact) mass is 393 g/mol. The first-order valence-corrected chi connectivity index (χ1v) is 10.5. The maximum Gasteiger partial charge on any atom is 0.240 e. The molecule has 6 rings (SSSR count). The van der Waals surface area contributed by atoms with Gasteiger partial charge in [0.05, 0.1) is 12.1 Å². The Hall–Kier alpha value is -3.37. The summed E-state index contributed by atoms with van der Waals surface area (Å²) in [5, 5.41) is 4.93. The third kappa shape index (κ3) is 2.68. The van der Waals surface area contributed by atoms with Gasteiger partial charge in [-0.15, -0.1) is 0 Å². The SMILES string of the molecule is O=C1[C@@H]2N[C@@H](c3ccccc3)c3[nH]c4ccccc4c3[C@@H]2CN1Cc1ccccc1. The first kappa shape index (κ1) is 17.5. The van der Waals surface area contributed by atoms with Crippen molar-refractivity contribution in [2.24, 2.45) is 0 Å². The number of hydrogen-bond donors (Lipinski definition) is 2. The van der Waals surface area contributed by atoms with Gasteiger partial charge in [-0.2, -0.15) is 0 Å². The van der Waals surface area contributed by atoms with Gasteiger partial charge in [0.2, 0.25) is 5.91 Å². The van der Waals surface area contributed by atoms with Crippen LogP contribution in [-0.2, 0) is 11.3 Å². The maximum absolute atomic E-state index is 13.4. The number of nitrogens with zero attached hydrogens (tertiary/aromatic N) is 1. The summed E-state index contributed by atoms with van der Waals surface area (Å²) in [5.74, 6) is 0.341. The van der Waals surface area contributed by atoms with Crippen molar-refractivity contribution in [3.8, 4) is 0 Å². The molecular formula is C26H23N3O. The van der Waals surface area contributed by atoms with Crippen LogP contribution in [0.4, 0.5) is 0 Å². The summed E-state index contributed by atoms with van der Waals surface area (Å²) in [5.41, 5.74) is 5.98. The van der Waals surface area contributed by atoms with Crippen LogP contribution in [0, 0.1) is 0 Å². The molecule has 1 saturated heterocycles.